The van der Waals surface area contributed by atoms with Gasteiger partial charge in [-0.1, -0.05) is 55.3 Å². The fourth-order valence-electron chi connectivity index (χ4n) is 8.72. The Morgan fingerprint density at radius 2 is 1.81 bits per heavy atom. The number of fused-ring (bicyclic) bond motifs is 1. The number of carbonyl (C=O) groups excluding carboxylic acids is 2. The van der Waals surface area contributed by atoms with Gasteiger partial charge in [0.2, 0.25) is 0 Å². The second-order valence-corrected chi connectivity index (χ2v) is 21.3. The average Bonchev–Trinajstić information content (AvgIpc) is 3.77. The summed E-state index contributed by atoms with van der Waals surface area (Å²) in [7, 11) is -4.65. The number of carbonyl (C=O) groups is 2. The molecule has 5 aromatic rings. The Balaban J connectivity index is 0.994. The van der Waals surface area contributed by atoms with Crippen LogP contribution in [0.3, 0.4) is 0 Å². The number of amides is 2. The van der Waals surface area contributed by atoms with Gasteiger partial charge in [0.1, 0.15) is 28.4 Å². The Morgan fingerprint density at radius 1 is 1.03 bits per heavy atom. The highest BCUT2D eigenvalue weighted by Crippen LogP contribution is 2.44. The average molecular weight is 967 g/mol. The van der Waals surface area contributed by atoms with Crippen molar-refractivity contribution < 1.29 is 37.1 Å². The van der Waals surface area contributed by atoms with E-state index in [1.807, 2.05) is 18.2 Å². The highest BCUT2D eigenvalue weighted by Gasteiger charge is 2.32. The molecule has 68 heavy (non-hydrogen) atoms. The summed E-state index contributed by atoms with van der Waals surface area (Å²) in [5.41, 5.74) is 5.48. The third-order valence-electron chi connectivity index (χ3n) is 12.3. The smallest absolute Gasteiger partial charge is 0.410 e. The molecule has 1 aliphatic carbocycles. The number of sulfonamides is 1. The van der Waals surface area contributed by atoms with Gasteiger partial charge in [-0.25, -0.2) is 22.9 Å². The van der Waals surface area contributed by atoms with Crippen LogP contribution in [-0.4, -0.2) is 103 Å². The molecular formula is C50H56ClN7O9S. The molecule has 0 bridgehead atoms. The Morgan fingerprint density at radius 3 is 2.54 bits per heavy atom. The lowest BCUT2D eigenvalue weighted by Crippen LogP contribution is -2.49. The first-order valence-corrected chi connectivity index (χ1v) is 24.5. The molecule has 1 atom stereocenters. The van der Waals surface area contributed by atoms with Crippen LogP contribution in [0.4, 0.5) is 16.2 Å². The maximum absolute atomic E-state index is 14.0. The monoisotopic (exact) mass is 965 g/mol. The van der Waals surface area contributed by atoms with Gasteiger partial charge in [0.05, 0.1) is 40.8 Å². The van der Waals surface area contributed by atoms with Crippen LogP contribution in [0.15, 0.2) is 102 Å². The number of halogens is 1. The number of nitrogens with zero attached hydrogens (tertiary/aromatic N) is 4. The zero-order valence-corrected chi connectivity index (χ0v) is 40.3. The highest BCUT2D eigenvalue weighted by atomic mass is 35.5. The number of morpholine rings is 1. The van der Waals surface area contributed by atoms with Gasteiger partial charge in [0.15, 0.2) is 0 Å². The summed E-state index contributed by atoms with van der Waals surface area (Å²) in [6.07, 6.45) is 8.27. The largest absolute Gasteiger partial charge is 0.455 e. The number of allylic oxidation sites excluding steroid dienone is 1. The first-order valence-electron chi connectivity index (χ1n) is 22.6. The molecular weight excluding hydrogens is 910 g/mol. The van der Waals surface area contributed by atoms with Gasteiger partial charge in [0.25, 0.3) is 21.6 Å². The number of anilines is 1. The molecule has 3 aromatic carbocycles. The van der Waals surface area contributed by atoms with Crippen LogP contribution < -0.4 is 14.8 Å². The minimum Gasteiger partial charge on any atom is -0.455 e. The minimum atomic E-state index is -4.65. The van der Waals surface area contributed by atoms with Crippen molar-refractivity contribution >= 4 is 67.2 Å². The molecule has 16 nitrogen and oxygen atoms in total. The zero-order valence-electron chi connectivity index (χ0n) is 38.8. The lowest BCUT2D eigenvalue weighted by Gasteiger charge is -2.36. The van der Waals surface area contributed by atoms with Crippen molar-refractivity contribution in [2.24, 2.45) is 5.41 Å². The number of rotatable bonds is 13. The molecule has 358 valence electrons. The number of nitro groups is 1. The standard InChI is InChI=1S/C50H56ClN7O9S/c1-49(2,3)67-48(60)57-22-23-65-39(31-57)29-53-43-13-11-40(26-44(43)58(61)62)68(63,64)55-47(59)41-12-8-34(25-45(41)66-38-24-35-15-19-52-46(35)54-28-38)32-16-20-56(21-17-32)30-36-14-18-50(4,5)27-42(36)33-6-9-37(51)10-7-33/h6-13,15-16,19,24-26,28,39,53H,14,17-18,20-23,27,29-31H2,1-5H3,(H,52,54)(H,55,59). The predicted octanol–water partition coefficient (Wildman–Crippen LogP) is 9.84. The molecule has 0 saturated carbocycles. The molecule has 2 aromatic heterocycles. The van der Waals surface area contributed by atoms with E-state index in [1.54, 1.807) is 45.2 Å². The highest BCUT2D eigenvalue weighted by molar-refractivity contribution is 7.90. The Bertz CT molecular complexity index is 2910. The maximum atomic E-state index is 14.0. The van der Waals surface area contributed by atoms with Gasteiger partial charge in [-0.2, -0.15) is 0 Å². The van der Waals surface area contributed by atoms with E-state index in [4.69, 9.17) is 25.8 Å². The van der Waals surface area contributed by atoms with E-state index in [1.165, 1.54) is 46.0 Å². The number of benzene rings is 3. The van der Waals surface area contributed by atoms with Crippen LogP contribution in [0.5, 0.6) is 11.5 Å². The molecule has 1 saturated heterocycles. The number of ether oxygens (including phenoxy) is 3. The molecule has 2 amide bonds. The third-order valence-corrected chi connectivity index (χ3v) is 13.9. The molecule has 1 unspecified atom stereocenters. The summed E-state index contributed by atoms with van der Waals surface area (Å²) in [5.74, 6) is -0.580. The van der Waals surface area contributed by atoms with E-state index in [-0.39, 0.29) is 42.1 Å². The van der Waals surface area contributed by atoms with E-state index in [9.17, 15) is 28.1 Å². The normalized spacial score (nSPS) is 17.9. The second kappa shape index (κ2) is 19.8. The molecule has 0 spiro atoms. The number of pyridine rings is 1. The van der Waals surface area contributed by atoms with Crippen molar-refractivity contribution in [3.05, 3.63) is 129 Å². The summed E-state index contributed by atoms with van der Waals surface area (Å²) in [6, 6.07) is 20.0. The number of aromatic amines is 1. The van der Waals surface area contributed by atoms with Crippen molar-refractivity contribution in [2.75, 3.05) is 51.2 Å². The molecule has 2 aliphatic heterocycles. The van der Waals surface area contributed by atoms with Gasteiger partial charge >= 0.3 is 6.09 Å². The van der Waals surface area contributed by atoms with Crippen LogP contribution in [0.2, 0.25) is 5.02 Å². The number of hydrogen-bond donors (Lipinski definition) is 3. The molecule has 4 heterocycles. The Kier molecular flexibility index (Phi) is 14.0. The number of nitrogens with one attached hydrogen (secondary N) is 3. The Labute approximate surface area is 400 Å². The second-order valence-electron chi connectivity index (χ2n) is 19.2. The number of aromatic nitrogens is 2. The molecule has 1 fully saturated rings. The summed E-state index contributed by atoms with van der Waals surface area (Å²) < 4.78 is 47.3. The predicted molar refractivity (Wildman–Crippen MR) is 261 cm³/mol. The van der Waals surface area contributed by atoms with Gasteiger partial charge in [-0.3, -0.25) is 19.8 Å². The van der Waals surface area contributed by atoms with E-state index < -0.39 is 49.2 Å². The van der Waals surface area contributed by atoms with Crippen molar-refractivity contribution in [3.63, 3.8) is 0 Å². The topological polar surface area (TPSA) is 198 Å². The van der Waals surface area contributed by atoms with Gasteiger partial charge < -0.3 is 29.4 Å². The maximum Gasteiger partial charge on any atom is 0.410 e. The van der Waals surface area contributed by atoms with Crippen molar-refractivity contribution in [1.82, 2.24) is 24.5 Å². The Hall–Kier alpha value is -6.27. The van der Waals surface area contributed by atoms with Crippen LogP contribution in [0.1, 0.15) is 81.8 Å². The summed E-state index contributed by atoms with van der Waals surface area (Å²) in [6.45, 7) is 13.1. The van der Waals surface area contributed by atoms with Crippen LogP contribution >= 0.6 is 11.6 Å². The minimum absolute atomic E-state index is 0.0236. The number of nitro benzene ring substituents is 1. The van der Waals surface area contributed by atoms with Crippen LogP contribution in [-0.2, 0) is 19.5 Å². The van der Waals surface area contributed by atoms with E-state index in [0.29, 0.717) is 29.5 Å². The fraction of sp³-hybridized carbons (Fsp3) is 0.380. The SMILES string of the molecule is CC1(C)CCC(CN2CC=C(c3ccc(C(=O)NS(=O)(=O)c4ccc(NCC5CN(C(=O)OC(C)(C)C)CCO5)c([N+](=O)[O-])c4)c(Oc4cnc5[nH]ccc5c4)c3)CC2)=C(c2ccc(Cl)cc2)C1. The first-order chi connectivity index (χ1) is 32.3. The fourth-order valence-corrected chi connectivity index (χ4v) is 9.83. The summed E-state index contributed by atoms with van der Waals surface area (Å²) in [5, 5.41) is 16.7. The molecule has 3 N–H and O–H groups in total. The zero-order chi connectivity index (χ0) is 48.4. The molecule has 3 aliphatic rings. The van der Waals surface area contributed by atoms with Crippen molar-refractivity contribution in [2.45, 2.75) is 76.9 Å². The van der Waals surface area contributed by atoms with E-state index in [2.05, 4.69) is 57.0 Å². The van der Waals surface area contributed by atoms with Crippen molar-refractivity contribution in [3.8, 4) is 11.5 Å². The first kappa shape index (κ1) is 48.2. The summed E-state index contributed by atoms with van der Waals surface area (Å²) in [4.78, 5) is 49.1. The number of H-pyrrole nitrogens is 1. The van der Waals surface area contributed by atoms with Crippen LogP contribution in [0, 0.1) is 15.5 Å². The molecule has 18 heteroatoms. The van der Waals surface area contributed by atoms with Gasteiger partial charge in [-0.05, 0) is 123 Å². The number of hydrogen-bond acceptors (Lipinski definition) is 12. The lowest BCUT2D eigenvalue weighted by molar-refractivity contribution is -0.384. The van der Waals surface area contributed by atoms with E-state index in [0.717, 1.165) is 61.4 Å². The van der Waals surface area contributed by atoms with Gasteiger partial charge in [0, 0.05) is 55.4 Å². The lowest BCUT2D eigenvalue weighted by atomic mass is 9.72. The van der Waals surface area contributed by atoms with E-state index >= 15 is 0 Å². The summed E-state index contributed by atoms with van der Waals surface area (Å²) >= 11 is 6.25. The third kappa shape index (κ3) is 11.7. The van der Waals surface area contributed by atoms with Gasteiger partial charge in [-0.15, -0.1) is 0 Å². The molecule has 8 rings (SSSR count). The van der Waals surface area contributed by atoms with Crippen molar-refractivity contribution in [1.29, 1.82) is 0 Å². The van der Waals surface area contributed by atoms with Crippen LogP contribution in [0.25, 0.3) is 22.2 Å². The quantitative estimate of drug-likeness (QED) is 0.0747. The molecule has 0 radical (unpaired) electrons.